The maximum absolute atomic E-state index is 13.0. The fourth-order valence-electron chi connectivity index (χ4n) is 4.38. The van der Waals surface area contributed by atoms with Crippen LogP contribution in [0.2, 0.25) is 0 Å². The zero-order chi connectivity index (χ0) is 21.7. The Hall–Kier alpha value is -2.57. The molecule has 164 valence electrons. The lowest BCUT2D eigenvalue weighted by atomic mass is 9.94. The van der Waals surface area contributed by atoms with Crippen molar-refractivity contribution >= 4 is 23.4 Å². The van der Waals surface area contributed by atoms with E-state index in [9.17, 15) is 14.4 Å². The van der Waals surface area contributed by atoms with E-state index in [0.717, 1.165) is 19.4 Å². The second-order valence-corrected chi connectivity index (χ2v) is 8.29. The average Bonchev–Trinajstić information content (AvgIpc) is 3.17. The summed E-state index contributed by atoms with van der Waals surface area (Å²) in [6.45, 7) is 4.44. The Kier molecular flexibility index (Phi) is 7.34. The highest BCUT2D eigenvalue weighted by Gasteiger charge is 2.39. The molecule has 0 saturated carbocycles. The van der Waals surface area contributed by atoms with E-state index < -0.39 is 0 Å². The van der Waals surface area contributed by atoms with Crippen molar-refractivity contribution < 1.29 is 19.1 Å². The van der Waals surface area contributed by atoms with Crippen molar-refractivity contribution in [1.82, 2.24) is 9.80 Å². The van der Waals surface area contributed by atoms with Crippen molar-refractivity contribution in [2.75, 3.05) is 45.2 Å². The van der Waals surface area contributed by atoms with Gasteiger partial charge in [0.25, 0.3) is 0 Å². The van der Waals surface area contributed by atoms with E-state index in [1.54, 1.807) is 12.0 Å². The summed E-state index contributed by atoms with van der Waals surface area (Å²) < 4.78 is 5.37. The van der Waals surface area contributed by atoms with Gasteiger partial charge in [0.2, 0.25) is 17.7 Å². The quantitative estimate of drug-likeness (QED) is 0.686. The molecule has 0 spiro atoms. The van der Waals surface area contributed by atoms with Crippen LogP contribution < -0.4 is 9.64 Å². The average molecular weight is 416 g/mol. The molecule has 7 heteroatoms. The van der Waals surface area contributed by atoms with Gasteiger partial charge in [-0.3, -0.25) is 14.4 Å². The van der Waals surface area contributed by atoms with Gasteiger partial charge in [-0.25, -0.2) is 0 Å². The van der Waals surface area contributed by atoms with Crippen LogP contribution in [0.25, 0.3) is 0 Å². The molecular formula is C23H33N3O4. The smallest absolute Gasteiger partial charge is 0.228 e. The number of anilines is 1. The molecule has 2 heterocycles. The number of nitrogens with zero attached hydrogens (tertiary/aromatic N) is 3. The van der Waals surface area contributed by atoms with Crippen LogP contribution in [0, 0.1) is 11.8 Å². The molecule has 2 fully saturated rings. The largest absolute Gasteiger partial charge is 0.495 e. The van der Waals surface area contributed by atoms with Gasteiger partial charge < -0.3 is 19.4 Å². The number of unbranched alkanes of at least 4 members (excludes halogenated alkanes) is 1. The molecule has 0 N–H and O–H groups in total. The molecule has 0 aromatic heterocycles. The molecule has 3 rings (SSSR count). The molecule has 1 unspecified atom stereocenters. The van der Waals surface area contributed by atoms with Gasteiger partial charge in [0.15, 0.2) is 0 Å². The molecule has 2 aliphatic rings. The number of likely N-dealkylation sites (tertiary alicyclic amines) is 1. The molecule has 0 aliphatic carbocycles. The Labute approximate surface area is 179 Å². The summed E-state index contributed by atoms with van der Waals surface area (Å²) in [6.07, 6.45) is 3.68. The van der Waals surface area contributed by atoms with Gasteiger partial charge in [0.1, 0.15) is 5.75 Å². The van der Waals surface area contributed by atoms with Gasteiger partial charge in [0.05, 0.1) is 18.7 Å². The van der Waals surface area contributed by atoms with E-state index in [-0.39, 0.29) is 36.0 Å². The minimum absolute atomic E-state index is 0.00815. The molecule has 7 nitrogen and oxygen atoms in total. The molecule has 1 aromatic rings. The van der Waals surface area contributed by atoms with Crippen LogP contribution in [0.15, 0.2) is 24.3 Å². The van der Waals surface area contributed by atoms with E-state index in [1.165, 1.54) is 0 Å². The number of carbonyl (C=O) groups excluding carboxylic acids is 3. The first kappa shape index (κ1) is 22.1. The fraction of sp³-hybridized carbons (Fsp3) is 0.609. The van der Waals surface area contributed by atoms with Crippen LogP contribution in [-0.4, -0.2) is 67.9 Å². The van der Waals surface area contributed by atoms with Crippen LogP contribution in [0.1, 0.15) is 39.0 Å². The predicted octanol–water partition coefficient (Wildman–Crippen LogP) is 2.55. The third-order valence-corrected chi connectivity index (χ3v) is 6.23. The molecule has 0 bridgehead atoms. The first-order valence-corrected chi connectivity index (χ1v) is 10.9. The molecule has 0 radical (unpaired) electrons. The zero-order valence-electron chi connectivity index (χ0n) is 18.3. The van der Waals surface area contributed by atoms with Gasteiger partial charge in [-0.1, -0.05) is 25.5 Å². The lowest BCUT2D eigenvalue weighted by Gasteiger charge is -2.34. The maximum atomic E-state index is 13.0. The van der Waals surface area contributed by atoms with E-state index in [2.05, 4.69) is 6.92 Å². The Morgan fingerprint density at radius 3 is 2.53 bits per heavy atom. The van der Waals surface area contributed by atoms with E-state index in [4.69, 9.17) is 4.74 Å². The van der Waals surface area contributed by atoms with Crippen LogP contribution in [0.3, 0.4) is 0 Å². The number of hydrogen-bond donors (Lipinski definition) is 0. The number of carbonyl (C=O) groups is 3. The molecule has 3 amide bonds. The van der Waals surface area contributed by atoms with Gasteiger partial charge >= 0.3 is 0 Å². The van der Waals surface area contributed by atoms with Crippen molar-refractivity contribution in [3.05, 3.63) is 24.3 Å². The molecular weight excluding hydrogens is 382 g/mol. The minimum Gasteiger partial charge on any atom is -0.495 e. The second kappa shape index (κ2) is 9.96. The number of benzene rings is 1. The molecule has 2 saturated heterocycles. The Bertz CT molecular complexity index is 773. The number of hydrogen-bond acceptors (Lipinski definition) is 4. The maximum Gasteiger partial charge on any atom is 0.228 e. The summed E-state index contributed by atoms with van der Waals surface area (Å²) in [5, 5.41) is 0. The Morgan fingerprint density at radius 1 is 1.17 bits per heavy atom. The van der Waals surface area contributed by atoms with E-state index in [1.807, 2.05) is 41.1 Å². The van der Waals surface area contributed by atoms with Crippen molar-refractivity contribution in [1.29, 1.82) is 0 Å². The monoisotopic (exact) mass is 415 g/mol. The van der Waals surface area contributed by atoms with Crippen molar-refractivity contribution in [2.24, 2.45) is 11.8 Å². The van der Waals surface area contributed by atoms with Crippen LogP contribution in [0.4, 0.5) is 5.69 Å². The number of amides is 3. The molecule has 30 heavy (non-hydrogen) atoms. The Balaban J connectivity index is 1.56. The zero-order valence-corrected chi connectivity index (χ0v) is 18.3. The summed E-state index contributed by atoms with van der Waals surface area (Å²) in [4.78, 5) is 43.6. The summed E-state index contributed by atoms with van der Waals surface area (Å²) in [6, 6.07) is 7.38. The highest BCUT2D eigenvalue weighted by Crippen LogP contribution is 2.33. The van der Waals surface area contributed by atoms with Gasteiger partial charge in [-0.15, -0.1) is 0 Å². The normalized spacial score (nSPS) is 19.8. The highest BCUT2D eigenvalue weighted by molar-refractivity contribution is 6.01. The third kappa shape index (κ3) is 4.77. The molecule has 1 aromatic carbocycles. The van der Waals surface area contributed by atoms with Crippen LogP contribution in [-0.2, 0) is 14.4 Å². The molecule has 2 aliphatic heterocycles. The Morgan fingerprint density at radius 2 is 1.87 bits per heavy atom. The number of rotatable bonds is 7. The minimum atomic E-state index is -0.345. The van der Waals surface area contributed by atoms with E-state index in [0.29, 0.717) is 43.9 Å². The first-order valence-electron chi connectivity index (χ1n) is 10.9. The van der Waals surface area contributed by atoms with E-state index >= 15 is 0 Å². The fourth-order valence-corrected chi connectivity index (χ4v) is 4.38. The number of piperidine rings is 1. The van der Waals surface area contributed by atoms with Gasteiger partial charge in [-0.05, 0) is 31.4 Å². The standard InChI is InChI=1S/C23H33N3O4/c1-4-5-12-24(2)22(28)17-10-13-25(14-11-17)23(29)18-15-21(27)26(16-18)19-8-6-7-9-20(19)30-3/h6-9,17-18H,4-5,10-16H2,1-3H3. The summed E-state index contributed by atoms with van der Waals surface area (Å²) in [7, 11) is 3.44. The number of ether oxygens (including phenoxy) is 1. The predicted molar refractivity (Wildman–Crippen MR) is 115 cm³/mol. The first-order chi connectivity index (χ1) is 14.5. The summed E-state index contributed by atoms with van der Waals surface area (Å²) >= 11 is 0. The van der Waals surface area contributed by atoms with Crippen molar-refractivity contribution in [3.63, 3.8) is 0 Å². The lowest BCUT2D eigenvalue weighted by molar-refractivity contribution is -0.141. The van der Waals surface area contributed by atoms with Gasteiger partial charge in [-0.2, -0.15) is 0 Å². The summed E-state index contributed by atoms with van der Waals surface area (Å²) in [5.41, 5.74) is 0.708. The van der Waals surface area contributed by atoms with Crippen molar-refractivity contribution in [3.8, 4) is 5.75 Å². The lowest BCUT2D eigenvalue weighted by Crippen LogP contribution is -2.45. The SMILES string of the molecule is CCCCN(C)C(=O)C1CCN(C(=O)C2CC(=O)N(c3ccccc3OC)C2)CC1. The number of para-hydroxylation sites is 2. The summed E-state index contributed by atoms with van der Waals surface area (Å²) in [5.74, 6) is 0.430. The third-order valence-electron chi connectivity index (χ3n) is 6.23. The van der Waals surface area contributed by atoms with Gasteiger partial charge in [0, 0.05) is 45.6 Å². The highest BCUT2D eigenvalue weighted by atomic mass is 16.5. The van der Waals surface area contributed by atoms with Crippen LogP contribution >= 0.6 is 0 Å². The number of methoxy groups -OCH3 is 1. The van der Waals surface area contributed by atoms with Crippen molar-refractivity contribution in [2.45, 2.75) is 39.0 Å². The van der Waals surface area contributed by atoms with Crippen LogP contribution in [0.5, 0.6) is 5.75 Å². The second-order valence-electron chi connectivity index (χ2n) is 8.29. The topological polar surface area (TPSA) is 70.2 Å². The molecule has 1 atom stereocenters.